The van der Waals surface area contributed by atoms with Gasteiger partial charge in [0.1, 0.15) is 21.8 Å². The van der Waals surface area contributed by atoms with Crippen LogP contribution in [0.25, 0.3) is 6.08 Å². The summed E-state index contributed by atoms with van der Waals surface area (Å²) in [6, 6.07) is 12.5. The fourth-order valence-corrected chi connectivity index (χ4v) is 6.53. The normalized spacial score (nSPS) is 17.6. The summed E-state index contributed by atoms with van der Waals surface area (Å²) in [7, 11) is 0. The lowest BCUT2D eigenvalue weighted by atomic mass is 10.0. The zero-order valence-corrected chi connectivity index (χ0v) is 24.2. The molecule has 1 aromatic heterocycles. The summed E-state index contributed by atoms with van der Waals surface area (Å²) >= 11 is 6.78. The second-order valence-electron chi connectivity index (χ2n) is 10.1. The molecule has 0 N–H and O–H groups in total. The van der Waals surface area contributed by atoms with E-state index in [4.69, 9.17) is 12.2 Å². The SMILES string of the molecule is CCCCn1c(N2CCN(Cc3ccccc3)CC2)c(C=C2SC(=S)N(C(C)C)C2=O)c(C)c(C#N)c1=O. The molecule has 2 aliphatic heterocycles. The monoisotopic (exact) mass is 549 g/mol. The van der Waals surface area contributed by atoms with Gasteiger partial charge in [-0.15, -0.1) is 0 Å². The Kier molecular flexibility index (Phi) is 9.08. The van der Waals surface area contributed by atoms with E-state index in [1.165, 1.54) is 17.3 Å². The standard InChI is InChI=1S/C29H35N5O2S2/c1-5-6-12-33-26(32-15-13-31(14-16-32)19-22-10-8-7-9-11-22)23(21(4)24(18-30)27(33)35)17-25-28(36)34(20(2)3)29(37)38-25/h7-11,17,20H,5-6,12-16,19H2,1-4H3. The molecule has 0 spiro atoms. The molecule has 4 rings (SSSR count). The number of thiocarbonyl (C=S) groups is 1. The van der Waals surface area contributed by atoms with Gasteiger partial charge in [0.25, 0.3) is 11.5 Å². The number of rotatable bonds is 8. The van der Waals surface area contributed by atoms with Crippen LogP contribution in [0.4, 0.5) is 5.82 Å². The van der Waals surface area contributed by atoms with Gasteiger partial charge < -0.3 is 4.90 Å². The molecular weight excluding hydrogens is 514 g/mol. The van der Waals surface area contributed by atoms with Crippen LogP contribution in [0.2, 0.25) is 0 Å². The van der Waals surface area contributed by atoms with Crippen LogP contribution in [-0.4, -0.2) is 56.8 Å². The third kappa shape index (κ3) is 5.73. The van der Waals surface area contributed by atoms with Crippen LogP contribution in [0.3, 0.4) is 0 Å². The van der Waals surface area contributed by atoms with Gasteiger partial charge in [0.15, 0.2) is 0 Å². The van der Waals surface area contributed by atoms with Crippen LogP contribution in [0, 0.1) is 18.3 Å². The maximum atomic E-state index is 13.5. The quantitative estimate of drug-likeness (QED) is 0.347. The Morgan fingerprint density at radius 1 is 1.13 bits per heavy atom. The first-order valence-electron chi connectivity index (χ1n) is 13.2. The summed E-state index contributed by atoms with van der Waals surface area (Å²) in [5.74, 6) is 0.673. The third-order valence-electron chi connectivity index (χ3n) is 7.12. The minimum atomic E-state index is -0.257. The molecule has 7 nitrogen and oxygen atoms in total. The van der Waals surface area contributed by atoms with Crippen molar-refractivity contribution < 1.29 is 4.79 Å². The van der Waals surface area contributed by atoms with Gasteiger partial charge in [-0.25, -0.2) is 0 Å². The number of carbonyl (C=O) groups excluding carboxylic acids is 1. The molecule has 2 saturated heterocycles. The largest absolute Gasteiger partial charge is 0.355 e. The lowest BCUT2D eigenvalue weighted by Crippen LogP contribution is -2.48. The van der Waals surface area contributed by atoms with Gasteiger partial charge in [-0.2, -0.15) is 5.26 Å². The van der Waals surface area contributed by atoms with Gasteiger partial charge in [0.05, 0.1) is 4.91 Å². The van der Waals surface area contributed by atoms with Gasteiger partial charge in [-0.05, 0) is 44.4 Å². The summed E-state index contributed by atoms with van der Waals surface area (Å²) in [6.07, 6.45) is 3.60. The number of benzene rings is 1. The molecule has 1 amide bonds. The van der Waals surface area contributed by atoms with Gasteiger partial charge in [-0.1, -0.05) is 67.7 Å². The molecule has 0 aliphatic carbocycles. The summed E-state index contributed by atoms with van der Waals surface area (Å²) in [6.45, 7) is 12.4. The molecule has 9 heteroatoms. The smallest absolute Gasteiger partial charge is 0.270 e. The molecule has 0 bridgehead atoms. The van der Waals surface area contributed by atoms with Crippen LogP contribution < -0.4 is 10.5 Å². The van der Waals surface area contributed by atoms with E-state index in [-0.39, 0.29) is 23.1 Å². The van der Waals surface area contributed by atoms with E-state index in [1.54, 1.807) is 9.47 Å². The summed E-state index contributed by atoms with van der Waals surface area (Å²) < 4.78 is 2.29. The number of nitrogens with zero attached hydrogens (tertiary/aromatic N) is 5. The highest BCUT2D eigenvalue weighted by Gasteiger charge is 2.35. The molecule has 0 atom stereocenters. The van der Waals surface area contributed by atoms with E-state index in [9.17, 15) is 14.9 Å². The lowest BCUT2D eigenvalue weighted by molar-refractivity contribution is -0.123. The molecule has 3 heterocycles. The van der Waals surface area contributed by atoms with Crippen LogP contribution in [0.15, 0.2) is 40.0 Å². The highest BCUT2D eigenvalue weighted by molar-refractivity contribution is 8.26. The Hall–Kier alpha value is -2.93. The summed E-state index contributed by atoms with van der Waals surface area (Å²) in [5.41, 5.74) is 2.54. The van der Waals surface area contributed by atoms with E-state index in [2.05, 4.69) is 47.1 Å². The van der Waals surface area contributed by atoms with E-state index in [0.717, 1.165) is 56.9 Å². The van der Waals surface area contributed by atoms with Crippen molar-refractivity contribution >= 4 is 46.1 Å². The maximum Gasteiger partial charge on any atom is 0.270 e. The number of unbranched alkanes of at least 4 members (excludes halogenated alkanes) is 1. The molecule has 2 aromatic rings. The van der Waals surface area contributed by atoms with Crippen LogP contribution in [0.1, 0.15) is 55.9 Å². The Labute approximate surface area is 234 Å². The molecule has 0 radical (unpaired) electrons. The van der Waals surface area contributed by atoms with Crippen molar-refractivity contribution in [1.82, 2.24) is 14.4 Å². The summed E-state index contributed by atoms with van der Waals surface area (Å²) in [4.78, 5) is 33.6. The number of thioether (sulfide) groups is 1. The maximum absolute atomic E-state index is 13.5. The van der Waals surface area contributed by atoms with E-state index in [1.807, 2.05) is 32.9 Å². The van der Waals surface area contributed by atoms with Crippen LogP contribution in [0.5, 0.6) is 0 Å². The van der Waals surface area contributed by atoms with Crippen molar-refractivity contribution in [3.8, 4) is 6.07 Å². The summed E-state index contributed by atoms with van der Waals surface area (Å²) in [5, 5.41) is 9.91. The average Bonchev–Trinajstić information content (AvgIpc) is 3.19. The van der Waals surface area contributed by atoms with Crippen LogP contribution >= 0.6 is 24.0 Å². The fourth-order valence-electron chi connectivity index (χ4n) is 5.02. The van der Waals surface area contributed by atoms with E-state index >= 15 is 0 Å². The number of pyridine rings is 1. The number of carbonyl (C=O) groups is 1. The Balaban J connectivity index is 1.76. The van der Waals surface area contributed by atoms with Crippen molar-refractivity contribution in [3.05, 3.63) is 67.8 Å². The van der Waals surface area contributed by atoms with Gasteiger partial charge >= 0.3 is 0 Å². The van der Waals surface area contributed by atoms with Crippen molar-refractivity contribution in [2.75, 3.05) is 31.1 Å². The Morgan fingerprint density at radius 3 is 2.39 bits per heavy atom. The fraction of sp³-hybridized carbons (Fsp3) is 0.448. The molecule has 1 aromatic carbocycles. The molecule has 2 aliphatic rings. The number of anilines is 1. The highest BCUT2D eigenvalue weighted by atomic mass is 32.2. The molecule has 2 fully saturated rings. The second-order valence-corrected chi connectivity index (χ2v) is 11.7. The Morgan fingerprint density at radius 2 is 1.82 bits per heavy atom. The Bertz CT molecular complexity index is 1340. The highest BCUT2D eigenvalue weighted by Crippen LogP contribution is 2.37. The number of hydrogen-bond acceptors (Lipinski definition) is 7. The number of amides is 1. The molecule has 38 heavy (non-hydrogen) atoms. The minimum absolute atomic E-state index is 0.0418. The minimum Gasteiger partial charge on any atom is -0.355 e. The second kappa shape index (κ2) is 12.3. The van der Waals surface area contributed by atoms with Crippen molar-refractivity contribution in [1.29, 1.82) is 5.26 Å². The molecule has 0 unspecified atom stereocenters. The van der Waals surface area contributed by atoms with Crippen LogP contribution in [-0.2, 0) is 17.9 Å². The molecule has 200 valence electrons. The van der Waals surface area contributed by atoms with Crippen molar-refractivity contribution in [3.63, 3.8) is 0 Å². The van der Waals surface area contributed by atoms with E-state index in [0.29, 0.717) is 21.3 Å². The molecular formula is C29H35N5O2S2. The topological polar surface area (TPSA) is 72.6 Å². The van der Waals surface area contributed by atoms with Gasteiger partial charge in [0.2, 0.25) is 0 Å². The number of hydrogen-bond donors (Lipinski definition) is 0. The van der Waals surface area contributed by atoms with Gasteiger partial charge in [-0.3, -0.25) is 24.0 Å². The van der Waals surface area contributed by atoms with Crippen molar-refractivity contribution in [2.24, 2.45) is 0 Å². The first-order chi connectivity index (χ1) is 18.3. The predicted octanol–water partition coefficient (Wildman–Crippen LogP) is 4.76. The van der Waals surface area contributed by atoms with Crippen molar-refractivity contribution in [2.45, 2.75) is 59.7 Å². The number of nitriles is 1. The number of piperazine rings is 1. The first-order valence-corrected chi connectivity index (χ1v) is 14.4. The first kappa shape index (κ1) is 28.1. The lowest BCUT2D eigenvalue weighted by Gasteiger charge is -2.38. The predicted molar refractivity (Wildman–Crippen MR) is 159 cm³/mol. The van der Waals surface area contributed by atoms with E-state index < -0.39 is 0 Å². The van der Waals surface area contributed by atoms with Gasteiger partial charge in [0, 0.05) is 50.9 Å². The average molecular weight is 550 g/mol. The molecule has 0 saturated carbocycles. The zero-order chi connectivity index (χ0) is 27.4. The third-order valence-corrected chi connectivity index (χ3v) is 8.45. The zero-order valence-electron chi connectivity index (χ0n) is 22.6. The number of aromatic nitrogens is 1.